The number of aryl methyl sites for hydroxylation is 16. The number of phenols is 6. The van der Waals surface area contributed by atoms with E-state index >= 15 is 0 Å². The standard InChI is InChI=1S/C15H24O3Si.C14H23BrO2Si.C12H16O2.C11H13NO.C10H13NO2.C9H10O2.C8H9BrO.C8H10O.C7H8O2.C3H7Br.C2HF3O.CBr4.CH2O3.4CH4.BHNS.2Cs.H/c1-12-8-13(2)14(10-16)15(9-12)18-11-17-6-7-19(3,4)5;1-11-8-12(2)14(15)13(9-11)17-10-16-6-7-18(3,4)5;1-4-5-14-12-7-9(2)6-10(3)11(12)8-13;1-8-5-9(2)10-7-12-3-4-13-11(10)6-8;1-7-4-8(12)5-10-9(7)6-11-2-3-13-10;1-6-3-7(2)8(5-10)9(11)4-6;1-5-3-6(2)8(9)7(10)4-5;1-6-3-7(2)5-8(9)4-6;1-5-2-6(8)4-7(9)3-5;1-2-3-4;3-2(4,5)1-6;2-1(3,4)5;2-1-4-3;;;;;1-2-3;;;/h8-10H,6-7,11H2,1-5H3;8-9H,6-7,10H2,1-5H3;6-8H,4-5H2,1-3H3;5-7H,3-4H2,1-2H3;4-5,11-12H,2-3,6H2,1H3;3-5,11H,1-2H3;3-4,10H,1-2H3;3-5,9H,1-2H3;2-4,8-9H,1H3;2-3H2,1H3;1H;;1,3H;4*1H4;3H;;;/q;;;;;;;;;;;;;;;;;;2*+1;-1/p-1. The maximum atomic E-state index is 11.1. The molecule has 1 radical (unpaired) electrons. The van der Waals surface area contributed by atoms with Crippen molar-refractivity contribution in [1.29, 1.82) is 0 Å². The molecule has 0 fully saturated rings. The van der Waals surface area contributed by atoms with E-state index in [9.17, 15) is 42.9 Å². The molecule has 11 rings (SSSR count). The first-order chi connectivity index (χ1) is 64.3. The van der Waals surface area contributed by atoms with Gasteiger partial charge in [-0.3, -0.25) is 29.0 Å². The molecule has 0 saturated carbocycles. The zero-order valence-electron chi connectivity index (χ0n) is 86.2. The van der Waals surface area contributed by atoms with Gasteiger partial charge in [0.2, 0.25) is 6.29 Å². The van der Waals surface area contributed by atoms with Gasteiger partial charge in [-0.05, 0) is 387 Å². The number of aliphatic imine (C=N–C) groups is 1. The molecule has 797 valence electrons. The Labute approximate surface area is 1040 Å². The second-order valence-corrected chi connectivity index (χ2v) is 58.6. The van der Waals surface area contributed by atoms with E-state index in [0.29, 0.717) is 72.6 Å². The Morgan fingerprint density at radius 1 is 0.479 bits per heavy atom. The molecule has 0 aliphatic carbocycles. The number of carbonyl (C=O) groups excluding carboxylic acids is 5. The van der Waals surface area contributed by atoms with Gasteiger partial charge in [-0.15, -0.1) is 0 Å². The number of ether oxygens (including phenoxy) is 7. The Kier molecular flexibility index (Phi) is 96.2. The maximum Gasteiger partial charge on any atom is 1.00 e. The minimum Gasteiger partial charge on any atom is -1.00 e. The number of nitrogens with zero attached hydrogens (tertiary/aromatic N) is 2. The van der Waals surface area contributed by atoms with Gasteiger partial charge in [0.1, 0.15) is 76.5 Å². The van der Waals surface area contributed by atoms with Crippen molar-refractivity contribution in [2.24, 2.45) is 9.29 Å². The smallest absolute Gasteiger partial charge is 1.00 e. The molecule has 2 heterocycles. The van der Waals surface area contributed by atoms with Crippen LogP contribution in [0.5, 0.6) is 63.2 Å². The molecule has 0 bridgehead atoms. The van der Waals surface area contributed by atoms with Crippen LogP contribution in [-0.2, 0) is 30.5 Å². The monoisotopic (exact) mass is 2750 g/mol. The van der Waals surface area contributed by atoms with Crippen LogP contribution in [0.3, 0.4) is 0 Å². The van der Waals surface area contributed by atoms with Gasteiger partial charge in [-0.1, -0.05) is 141 Å². The van der Waals surface area contributed by atoms with Gasteiger partial charge >= 0.3 is 169 Å². The van der Waals surface area contributed by atoms with Crippen LogP contribution >= 0.6 is 124 Å². The molecule has 2 aliphatic heterocycles. The van der Waals surface area contributed by atoms with Gasteiger partial charge in [0.05, 0.1) is 38.8 Å². The normalized spacial score (nSPS) is 10.6. The summed E-state index contributed by atoms with van der Waals surface area (Å²) in [5.41, 5.74) is 21.0. The van der Waals surface area contributed by atoms with Crippen molar-refractivity contribution in [3.8, 4) is 63.2 Å². The van der Waals surface area contributed by atoms with Crippen molar-refractivity contribution in [3.05, 3.63) is 247 Å². The SMILES string of the molecule is BrC(Br)(Br)Br.C.C.C.C.CCCBr.CCCOc1cc(C)cc(C)c1C=O.Cc1cc(C)c(Br)c(O)c1.Cc1cc(C)c(Br)c(OCOCC[Si](C)(C)C)c1.Cc1cc(C)c(C=O)c(O)c1.Cc1cc(C)c(C=O)c(OCOCC[Si](C)(C)C)c1.Cc1cc(C)c2c(c1)OCCN=C2.Cc1cc(C)cc(O)c1.Cc1cc(O)cc(O)c1.Cc1cc(O)cc2c1CNCCO2.O=CC(F)(F)F.O=CO[O-].[B]=NS.[Cs+].[Cs+].[H-]. The largest absolute Gasteiger partial charge is 1.00 e. The summed E-state index contributed by atoms with van der Waals surface area (Å²) >= 11 is 25.7. The van der Waals surface area contributed by atoms with Crippen LogP contribution in [0.1, 0.15) is 189 Å². The molecule has 39 heteroatoms. The number of hydrogen-bond acceptors (Lipinski definition) is 24. The van der Waals surface area contributed by atoms with Gasteiger partial charge in [-0.2, -0.15) is 13.2 Å². The molecule has 9 aromatic rings. The fourth-order valence-corrected chi connectivity index (χ4v) is 13.7. The first kappa shape index (κ1) is 158. The number of benzene rings is 9. The van der Waals surface area contributed by atoms with E-state index < -0.39 is 28.6 Å². The Morgan fingerprint density at radius 3 is 1.19 bits per heavy atom. The number of aldehydes is 4. The van der Waals surface area contributed by atoms with Crippen LogP contribution in [0.15, 0.2) is 140 Å². The van der Waals surface area contributed by atoms with Crippen LogP contribution in [0.25, 0.3) is 0 Å². The number of thiol groups is 1. The Morgan fingerprint density at radius 2 is 0.819 bits per heavy atom. The number of carbonyl (C=O) groups is 5. The summed E-state index contributed by atoms with van der Waals surface area (Å²) in [5, 5.41) is 67.3. The summed E-state index contributed by atoms with van der Waals surface area (Å²) in [5.74, 6) is 5.18. The van der Waals surface area contributed by atoms with E-state index in [1.807, 2.05) is 131 Å². The van der Waals surface area contributed by atoms with Crippen molar-refractivity contribution in [3.63, 3.8) is 0 Å². The Hall–Kier alpha value is -3.66. The van der Waals surface area contributed by atoms with Crippen molar-refractivity contribution in [1.82, 2.24) is 5.32 Å². The zero-order valence-corrected chi connectivity index (χ0v) is 112. The number of fused-ring (bicyclic) bond motifs is 2. The summed E-state index contributed by atoms with van der Waals surface area (Å²) in [4.78, 5) is 56.5. The predicted molar refractivity (Wildman–Crippen MR) is 612 cm³/mol. The van der Waals surface area contributed by atoms with Crippen LogP contribution in [-0.4, -0.2) is 165 Å². The molecule has 23 nitrogen and oxygen atoms in total. The molecule has 0 aromatic heterocycles. The van der Waals surface area contributed by atoms with Crippen molar-refractivity contribution >= 4 is 186 Å². The topological polar surface area (TPSA) is 340 Å². The minimum atomic E-state index is -4.64. The third kappa shape index (κ3) is 79.4. The van der Waals surface area contributed by atoms with Crippen molar-refractivity contribution < 1.29 is 250 Å². The van der Waals surface area contributed by atoms with E-state index in [-0.39, 0.29) is 206 Å². The third-order valence-corrected chi connectivity index (χ3v) is 24.0. The number of hydrogen-bond donors (Lipinski definition) is 8. The predicted octanol–water partition coefficient (Wildman–Crippen LogP) is 23.8. The van der Waals surface area contributed by atoms with E-state index in [1.165, 1.54) is 40.8 Å². The summed E-state index contributed by atoms with van der Waals surface area (Å²) in [7, 11) is 2.27. The minimum absolute atomic E-state index is 0. The second-order valence-electron chi connectivity index (χ2n) is 33.6. The number of aromatic hydroxyl groups is 6. The molecule has 0 unspecified atom stereocenters. The van der Waals surface area contributed by atoms with Gasteiger partial charge in [-0.25, -0.2) is 0 Å². The third-order valence-electron chi connectivity index (χ3n) is 17.7. The summed E-state index contributed by atoms with van der Waals surface area (Å²) in [6.45, 7) is 55.9. The molecule has 2 aliphatic rings. The van der Waals surface area contributed by atoms with Crippen LogP contribution in [0, 0.1) is 111 Å². The second kappa shape index (κ2) is 87.7. The fourth-order valence-electron chi connectivity index (χ4n) is 11.6. The van der Waals surface area contributed by atoms with Gasteiger partial charge in [0.25, 0.3) is 6.47 Å². The molecule has 9 aromatic carbocycles. The van der Waals surface area contributed by atoms with E-state index in [0.717, 1.165) is 167 Å². The fraction of sp³-hybridized carbons (Fsp3) is 0.429. The first-order valence-electron chi connectivity index (χ1n) is 43.2. The molecule has 7 N–H and O–H groups in total. The molecular formula is C105H153BBr7Cs2F3N3O20SSi2. The summed E-state index contributed by atoms with van der Waals surface area (Å²) < 4.78 is 74.3. The number of nitrogens with one attached hydrogen (secondary N) is 1. The molecule has 0 spiro atoms. The van der Waals surface area contributed by atoms with Gasteiger partial charge < -0.3 is 80.7 Å². The Bertz CT molecular complexity index is 5010. The van der Waals surface area contributed by atoms with E-state index in [1.54, 1.807) is 62.4 Å². The van der Waals surface area contributed by atoms with Crippen LogP contribution in [0.4, 0.5) is 13.2 Å². The van der Waals surface area contributed by atoms with Gasteiger partial charge in [0, 0.05) is 77.3 Å². The maximum absolute atomic E-state index is 11.1. The summed E-state index contributed by atoms with van der Waals surface area (Å²) in [6, 6.07) is 39.0. The van der Waals surface area contributed by atoms with Crippen LogP contribution < -0.4 is 172 Å². The van der Waals surface area contributed by atoms with Crippen LogP contribution in [0.2, 0.25) is 51.4 Å². The number of halogens is 10. The van der Waals surface area contributed by atoms with Crippen molar-refractivity contribution in [2.75, 3.05) is 65.0 Å². The number of alkyl halides is 8. The average Bonchev–Trinajstić information content (AvgIpc) is 1.36. The molecule has 0 saturated heterocycles. The first-order valence-corrected chi connectivity index (χ1v) is 56.9. The molecule has 144 heavy (non-hydrogen) atoms. The molecule has 0 atom stereocenters. The molecule has 0 amide bonds. The quantitative estimate of drug-likeness (QED) is 0.00513. The Balaban J connectivity index is -0.000000172. The summed E-state index contributed by atoms with van der Waals surface area (Å²) in [6.07, 6.45) is 0.769. The number of phenolic OH excluding ortho intramolecular Hbond substituents is 6. The van der Waals surface area contributed by atoms with Crippen molar-refractivity contribution in [2.45, 2.75) is 232 Å². The van der Waals surface area contributed by atoms with Gasteiger partial charge in [0.15, 0.2) is 33.5 Å². The average molecular weight is 2760 g/mol. The number of rotatable bonds is 20. The van der Waals surface area contributed by atoms with E-state index in [2.05, 4.69) is 244 Å². The molecular weight excluding hydrogens is 2600 g/mol. The van der Waals surface area contributed by atoms with E-state index in [4.69, 9.17) is 63.3 Å². The zero-order chi connectivity index (χ0) is 106.